The molecule has 0 atom stereocenters. The predicted octanol–water partition coefficient (Wildman–Crippen LogP) is 3.35. The van der Waals surface area contributed by atoms with E-state index < -0.39 is 0 Å². The van der Waals surface area contributed by atoms with Crippen LogP contribution in [0.2, 0.25) is 0 Å². The largest absolute Gasteiger partial charge is 0.508 e. The summed E-state index contributed by atoms with van der Waals surface area (Å²) < 4.78 is 0. The fourth-order valence-electron chi connectivity index (χ4n) is 2.89. The van der Waals surface area contributed by atoms with Crippen LogP contribution < -0.4 is 0 Å². The van der Waals surface area contributed by atoms with Crippen molar-refractivity contribution in [1.29, 1.82) is 0 Å². The number of amides is 1. The molecule has 1 fully saturated rings. The maximum absolute atomic E-state index is 12.4. The summed E-state index contributed by atoms with van der Waals surface area (Å²) in [6.07, 6.45) is 4.75. The average molecular weight is 261 g/mol. The maximum atomic E-state index is 12.4. The van der Waals surface area contributed by atoms with Crippen LogP contribution in [-0.4, -0.2) is 29.0 Å². The van der Waals surface area contributed by atoms with E-state index in [1.54, 1.807) is 18.2 Å². The number of hydrogen-bond donors (Lipinski definition) is 1. The van der Waals surface area contributed by atoms with Gasteiger partial charge in [0.05, 0.1) is 0 Å². The molecule has 2 rings (SSSR count). The first kappa shape index (κ1) is 13.9. The Morgan fingerprint density at radius 1 is 1.37 bits per heavy atom. The van der Waals surface area contributed by atoms with Crippen LogP contribution in [0.3, 0.4) is 0 Å². The molecule has 0 unspecified atom stereocenters. The molecule has 1 aliphatic heterocycles. The maximum Gasteiger partial charge on any atom is 0.254 e. The molecule has 0 bridgehead atoms. The minimum atomic E-state index is 0.104. The van der Waals surface area contributed by atoms with E-state index in [1.807, 2.05) is 11.8 Å². The molecule has 0 saturated carbocycles. The van der Waals surface area contributed by atoms with E-state index in [4.69, 9.17) is 0 Å². The van der Waals surface area contributed by atoms with Crippen molar-refractivity contribution >= 4 is 5.91 Å². The van der Waals surface area contributed by atoms with Gasteiger partial charge in [-0.15, -0.1) is 0 Å². The zero-order valence-corrected chi connectivity index (χ0v) is 11.9. The number of carbonyl (C=O) groups excluding carboxylic acids is 1. The van der Waals surface area contributed by atoms with E-state index in [1.165, 1.54) is 12.8 Å². The van der Waals surface area contributed by atoms with Gasteiger partial charge in [0.2, 0.25) is 0 Å². The standard InChI is InChI=1S/C16H23NO2/c1-3-4-13-7-9-17(10-8-13)16(19)15-6-5-14(18)11-12(15)2/h5-6,11,13,18H,3-4,7-10H2,1-2H3. The normalized spacial score (nSPS) is 16.6. The first-order valence-corrected chi connectivity index (χ1v) is 7.20. The van der Waals surface area contributed by atoms with Gasteiger partial charge >= 0.3 is 0 Å². The number of rotatable bonds is 3. The number of benzene rings is 1. The van der Waals surface area contributed by atoms with E-state index in [2.05, 4.69) is 6.92 Å². The molecule has 1 aliphatic rings. The van der Waals surface area contributed by atoms with Crippen LogP contribution in [0, 0.1) is 12.8 Å². The Hall–Kier alpha value is -1.51. The van der Waals surface area contributed by atoms with Crippen LogP contribution in [0.4, 0.5) is 0 Å². The monoisotopic (exact) mass is 261 g/mol. The van der Waals surface area contributed by atoms with Crippen molar-refractivity contribution in [3.8, 4) is 5.75 Å². The van der Waals surface area contributed by atoms with Crippen LogP contribution >= 0.6 is 0 Å². The molecule has 3 nitrogen and oxygen atoms in total. The molecular formula is C16H23NO2. The number of carbonyl (C=O) groups is 1. The number of hydrogen-bond acceptors (Lipinski definition) is 2. The Balaban J connectivity index is 2.01. The van der Waals surface area contributed by atoms with Gasteiger partial charge in [-0.2, -0.15) is 0 Å². The molecule has 1 N–H and O–H groups in total. The first-order chi connectivity index (χ1) is 9.11. The third-order valence-corrected chi connectivity index (χ3v) is 4.04. The number of aryl methyl sites for hydroxylation is 1. The predicted molar refractivity (Wildman–Crippen MR) is 76.4 cm³/mol. The van der Waals surface area contributed by atoms with Gasteiger partial charge in [0, 0.05) is 18.7 Å². The van der Waals surface area contributed by atoms with Crippen LogP contribution in [-0.2, 0) is 0 Å². The van der Waals surface area contributed by atoms with E-state index in [0.717, 1.165) is 37.4 Å². The third kappa shape index (κ3) is 3.28. The molecule has 0 spiro atoms. The summed E-state index contributed by atoms with van der Waals surface area (Å²) in [5.74, 6) is 1.11. The minimum absolute atomic E-state index is 0.104. The number of aromatic hydroxyl groups is 1. The third-order valence-electron chi connectivity index (χ3n) is 4.04. The second kappa shape index (κ2) is 6.09. The molecule has 1 saturated heterocycles. The highest BCUT2D eigenvalue weighted by molar-refractivity contribution is 5.95. The lowest BCUT2D eigenvalue weighted by molar-refractivity contribution is 0.0686. The van der Waals surface area contributed by atoms with E-state index in [-0.39, 0.29) is 11.7 Å². The van der Waals surface area contributed by atoms with Crippen LogP contribution in [0.5, 0.6) is 5.75 Å². The zero-order valence-electron chi connectivity index (χ0n) is 11.9. The number of likely N-dealkylation sites (tertiary alicyclic amines) is 1. The summed E-state index contributed by atoms with van der Waals surface area (Å²) in [6.45, 7) is 5.82. The number of phenols is 1. The van der Waals surface area contributed by atoms with Gasteiger partial charge in [0.15, 0.2) is 0 Å². The molecule has 1 heterocycles. The number of piperidine rings is 1. The molecule has 0 aliphatic carbocycles. The SMILES string of the molecule is CCCC1CCN(C(=O)c2ccc(O)cc2C)CC1. The van der Waals surface area contributed by atoms with Crippen molar-refractivity contribution in [3.05, 3.63) is 29.3 Å². The molecule has 0 radical (unpaired) electrons. The molecule has 1 aromatic carbocycles. The highest BCUT2D eigenvalue weighted by Gasteiger charge is 2.23. The van der Waals surface area contributed by atoms with Gasteiger partial charge in [-0.1, -0.05) is 19.8 Å². The highest BCUT2D eigenvalue weighted by atomic mass is 16.3. The lowest BCUT2D eigenvalue weighted by Crippen LogP contribution is -2.38. The summed E-state index contributed by atoms with van der Waals surface area (Å²) in [4.78, 5) is 14.4. The Bertz CT molecular complexity index is 448. The second-order valence-corrected chi connectivity index (χ2v) is 5.52. The van der Waals surface area contributed by atoms with Gasteiger partial charge in [-0.3, -0.25) is 4.79 Å². The Morgan fingerprint density at radius 3 is 2.63 bits per heavy atom. The highest BCUT2D eigenvalue weighted by Crippen LogP contribution is 2.24. The molecule has 3 heteroatoms. The first-order valence-electron chi connectivity index (χ1n) is 7.20. The lowest BCUT2D eigenvalue weighted by atomic mass is 9.92. The van der Waals surface area contributed by atoms with Crippen LogP contribution in [0.25, 0.3) is 0 Å². The number of nitrogens with zero attached hydrogens (tertiary/aromatic N) is 1. The number of phenolic OH excluding ortho intramolecular Hbond substituents is 1. The fourth-order valence-corrected chi connectivity index (χ4v) is 2.89. The van der Waals surface area contributed by atoms with Gasteiger partial charge in [0.25, 0.3) is 5.91 Å². The van der Waals surface area contributed by atoms with E-state index in [0.29, 0.717) is 5.56 Å². The van der Waals surface area contributed by atoms with Crippen molar-refractivity contribution in [2.45, 2.75) is 39.5 Å². The van der Waals surface area contributed by atoms with E-state index >= 15 is 0 Å². The smallest absolute Gasteiger partial charge is 0.254 e. The fraction of sp³-hybridized carbons (Fsp3) is 0.562. The molecule has 1 amide bonds. The summed E-state index contributed by atoms with van der Waals surface area (Å²) >= 11 is 0. The van der Waals surface area contributed by atoms with Crippen LogP contribution in [0.1, 0.15) is 48.5 Å². The Kier molecular flexibility index (Phi) is 4.46. The molecular weight excluding hydrogens is 238 g/mol. The summed E-state index contributed by atoms with van der Waals surface area (Å²) in [5.41, 5.74) is 1.56. The quantitative estimate of drug-likeness (QED) is 0.906. The lowest BCUT2D eigenvalue weighted by Gasteiger charge is -2.32. The summed E-state index contributed by atoms with van der Waals surface area (Å²) in [6, 6.07) is 4.96. The van der Waals surface area contributed by atoms with Crippen molar-refractivity contribution in [1.82, 2.24) is 4.90 Å². The van der Waals surface area contributed by atoms with Crippen molar-refractivity contribution in [2.75, 3.05) is 13.1 Å². The average Bonchev–Trinajstić information content (AvgIpc) is 2.39. The van der Waals surface area contributed by atoms with Crippen molar-refractivity contribution in [2.24, 2.45) is 5.92 Å². The van der Waals surface area contributed by atoms with Gasteiger partial charge < -0.3 is 10.0 Å². The zero-order chi connectivity index (χ0) is 13.8. The van der Waals surface area contributed by atoms with Crippen molar-refractivity contribution < 1.29 is 9.90 Å². The second-order valence-electron chi connectivity index (χ2n) is 5.52. The van der Waals surface area contributed by atoms with Gasteiger partial charge in [0.1, 0.15) is 5.75 Å². The van der Waals surface area contributed by atoms with Crippen molar-refractivity contribution in [3.63, 3.8) is 0 Å². The van der Waals surface area contributed by atoms with Gasteiger partial charge in [-0.05, 0) is 49.4 Å². The van der Waals surface area contributed by atoms with Gasteiger partial charge in [-0.25, -0.2) is 0 Å². The molecule has 1 aromatic rings. The summed E-state index contributed by atoms with van der Waals surface area (Å²) in [5, 5.41) is 9.40. The molecule has 0 aromatic heterocycles. The molecule has 104 valence electrons. The Morgan fingerprint density at radius 2 is 2.05 bits per heavy atom. The molecule has 19 heavy (non-hydrogen) atoms. The van der Waals surface area contributed by atoms with Crippen LogP contribution in [0.15, 0.2) is 18.2 Å². The Labute approximate surface area is 115 Å². The minimum Gasteiger partial charge on any atom is -0.508 e. The summed E-state index contributed by atoms with van der Waals surface area (Å²) in [7, 11) is 0. The topological polar surface area (TPSA) is 40.5 Å². The van der Waals surface area contributed by atoms with E-state index in [9.17, 15) is 9.90 Å².